The standard InChI is InChI=1S/C19H14N2O2/c22-17(23)11-13-5-1-2-8-14(13)19-20-15-9-3-6-12-7-4-10-16(21-19)18(12)15/h1-10H,11H2,(H,20,21)(H,22,23). The summed E-state index contributed by atoms with van der Waals surface area (Å²) >= 11 is 0. The minimum atomic E-state index is -0.851. The van der Waals surface area contributed by atoms with E-state index in [0.29, 0.717) is 5.84 Å². The largest absolute Gasteiger partial charge is 0.481 e. The molecule has 0 spiro atoms. The van der Waals surface area contributed by atoms with E-state index in [4.69, 9.17) is 10.1 Å². The predicted molar refractivity (Wildman–Crippen MR) is 91.5 cm³/mol. The van der Waals surface area contributed by atoms with Gasteiger partial charge in [0.05, 0.1) is 12.1 Å². The lowest BCUT2D eigenvalue weighted by Crippen LogP contribution is -2.19. The Bertz CT molecular complexity index is 955. The van der Waals surface area contributed by atoms with Gasteiger partial charge in [-0.05, 0) is 23.1 Å². The Hall–Kier alpha value is -3.14. The minimum absolute atomic E-state index is 0.0251. The normalized spacial score (nSPS) is 12.6. The molecule has 3 aromatic rings. The second-order valence-electron chi connectivity index (χ2n) is 5.49. The van der Waals surface area contributed by atoms with Crippen LogP contribution in [0.2, 0.25) is 0 Å². The summed E-state index contributed by atoms with van der Waals surface area (Å²) in [7, 11) is 0. The van der Waals surface area contributed by atoms with Gasteiger partial charge in [0.1, 0.15) is 5.84 Å². The highest BCUT2D eigenvalue weighted by Crippen LogP contribution is 2.36. The fourth-order valence-corrected chi connectivity index (χ4v) is 2.99. The molecule has 1 aliphatic heterocycles. The molecule has 0 aliphatic carbocycles. The molecule has 4 heteroatoms. The van der Waals surface area contributed by atoms with Gasteiger partial charge in [0.15, 0.2) is 0 Å². The minimum Gasteiger partial charge on any atom is -0.481 e. The number of aliphatic imine (C=N–C) groups is 1. The average molecular weight is 302 g/mol. The Labute approximate surface area is 133 Å². The summed E-state index contributed by atoms with van der Waals surface area (Å²) in [5.74, 6) is -0.163. The maximum Gasteiger partial charge on any atom is 0.307 e. The van der Waals surface area contributed by atoms with Gasteiger partial charge in [-0.3, -0.25) is 4.79 Å². The van der Waals surface area contributed by atoms with E-state index in [9.17, 15) is 4.79 Å². The van der Waals surface area contributed by atoms with Crippen LogP contribution < -0.4 is 5.32 Å². The van der Waals surface area contributed by atoms with E-state index in [1.165, 1.54) is 0 Å². The van der Waals surface area contributed by atoms with Crippen LogP contribution in [-0.4, -0.2) is 16.9 Å². The summed E-state index contributed by atoms with van der Waals surface area (Å²) in [5.41, 5.74) is 3.46. The second-order valence-corrected chi connectivity index (χ2v) is 5.49. The van der Waals surface area contributed by atoms with E-state index < -0.39 is 5.97 Å². The van der Waals surface area contributed by atoms with Crippen LogP contribution in [0, 0.1) is 0 Å². The third-order valence-electron chi connectivity index (χ3n) is 3.98. The van der Waals surface area contributed by atoms with E-state index in [2.05, 4.69) is 17.4 Å². The van der Waals surface area contributed by atoms with E-state index in [1.54, 1.807) is 0 Å². The van der Waals surface area contributed by atoms with Crippen molar-refractivity contribution in [3.63, 3.8) is 0 Å². The lowest BCUT2D eigenvalue weighted by Gasteiger charge is -2.20. The maximum atomic E-state index is 11.1. The Kier molecular flexibility index (Phi) is 3.08. The van der Waals surface area contributed by atoms with Crippen molar-refractivity contribution in [2.24, 2.45) is 4.99 Å². The number of benzene rings is 3. The fraction of sp³-hybridized carbons (Fsp3) is 0.0526. The Morgan fingerprint density at radius 2 is 1.78 bits per heavy atom. The number of hydrogen-bond donors (Lipinski definition) is 2. The number of rotatable bonds is 3. The summed E-state index contributed by atoms with van der Waals surface area (Å²) in [6.45, 7) is 0. The first-order valence-electron chi connectivity index (χ1n) is 7.40. The number of carbonyl (C=O) groups is 1. The Balaban J connectivity index is 1.88. The summed E-state index contributed by atoms with van der Waals surface area (Å²) in [5, 5.41) is 14.7. The van der Waals surface area contributed by atoms with Gasteiger partial charge in [-0.1, -0.05) is 48.5 Å². The van der Waals surface area contributed by atoms with Gasteiger partial charge in [-0.25, -0.2) is 4.99 Å². The fourth-order valence-electron chi connectivity index (χ4n) is 2.99. The maximum absolute atomic E-state index is 11.1. The van der Waals surface area contributed by atoms with Gasteiger partial charge >= 0.3 is 5.97 Å². The quantitative estimate of drug-likeness (QED) is 0.769. The van der Waals surface area contributed by atoms with Crippen molar-refractivity contribution in [1.82, 2.24) is 0 Å². The smallest absolute Gasteiger partial charge is 0.307 e. The number of nitrogens with zero attached hydrogens (tertiary/aromatic N) is 1. The van der Waals surface area contributed by atoms with Crippen molar-refractivity contribution in [3.05, 3.63) is 71.8 Å². The van der Waals surface area contributed by atoms with Crippen molar-refractivity contribution in [2.45, 2.75) is 6.42 Å². The molecule has 112 valence electrons. The third kappa shape index (κ3) is 2.34. The predicted octanol–water partition coefficient (Wildman–Crippen LogP) is 3.97. The zero-order valence-corrected chi connectivity index (χ0v) is 12.3. The lowest BCUT2D eigenvalue weighted by atomic mass is 10.0. The van der Waals surface area contributed by atoms with Crippen LogP contribution in [0.1, 0.15) is 11.1 Å². The van der Waals surface area contributed by atoms with Gasteiger partial charge in [-0.2, -0.15) is 0 Å². The van der Waals surface area contributed by atoms with Crippen LogP contribution in [-0.2, 0) is 11.2 Å². The molecule has 0 atom stereocenters. The molecule has 23 heavy (non-hydrogen) atoms. The zero-order chi connectivity index (χ0) is 15.8. The number of carboxylic acid groups (broad SMARTS) is 1. The molecular weight excluding hydrogens is 288 g/mol. The van der Waals surface area contributed by atoms with Crippen molar-refractivity contribution < 1.29 is 9.90 Å². The zero-order valence-electron chi connectivity index (χ0n) is 12.3. The van der Waals surface area contributed by atoms with Crippen molar-refractivity contribution in [3.8, 4) is 0 Å². The van der Waals surface area contributed by atoms with Crippen LogP contribution in [0.5, 0.6) is 0 Å². The highest BCUT2D eigenvalue weighted by molar-refractivity contribution is 6.19. The third-order valence-corrected chi connectivity index (χ3v) is 3.98. The molecule has 0 amide bonds. The molecule has 0 fully saturated rings. The first kappa shape index (κ1) is 13.5. The van der Waals surface area contributed by atoms with E-state index >= 15 is 0 Å². The average Bonchev–Trinajstić information content (AvgIpc) is 2.55. The molecule has 4 rings (SSSR count). The lowest BCUT2D eigenvalue weighted by molar-refractivity contribution is -0.136. The molecule has 1 aliphatic rings. The number of nitrogens with one attached hydrogen (secondary N) is 1. The Morgan fingerprint density at radius 1 is 1.00 bits per heavy atom. The molecule has 0 saturated carbocycles. The molecule has 0 radical (unpaired) electrons. The molecule has 4 nitrogen and oxygen atoms in total. The van der Waals surface area contributed by atoms with Crippen LogP contribution in [0.15, 0.2) is 65.7 Å². The second kappa shape index (κ2) is 5.25. The van der Waals surface area contributed by atoms with Crippen molar-refractivity contribution in [2.75, 3.05) is 5.32 Å². The summed E-state index contributed by atoms with van der Waals surface area (Å²) in [6, 6.07) is 19.6. The number of aliphatic carboxylic acids is 1. The van der Waals surface area contributed by atoms with E-state index in [1.807, 2.05) is 48.5 Å². The summed E-state index contributed by atoms with van der Waals surface area (Å²) < 4.78 is 0. The monoisotopic (exact) mass is 302 g/mol. The molecule has 1 heterocycles. The van der Waals surface area contributed by atoms with Crippen LogP contribution in [0.25, 0.3) is 10.8 Å². The topological polar surface area (TPSA) is 61.7 Å². The molecule has 0 bridgehead atoms. The summed E-state index contributed by atoms with van der Waals surface area (Å²) in [6.07, 6.45) is -0.0251. The SMILES string of the molecule is O=C(O)Cc1ccccc1C1=Nc2cccc3cccc(c23)N1. The first-order chi connectivity index (χ1) is 11.2. The summed E-state index contributed by atoms with van der Waals surface area (Å²) in [4.78, 5) is 15.8. The van der Waals surface area contributed by atoms with Crippen LogP contribution >= 0.6 is 0 Å². The van der Waals surface area contributed by atoms with Gasteiger partial charge < -0.3 is 10.4 Å². The van der Waals surface area contributed by atoms with Gasteiger partial charge in [0.2, 0.25) is 0 Å². The molecule has 0 unspecified atom stereocenters. The van der Waals surface area contributed by atoms with Crippen LogP contribution in [0.4, 0.5) is 11.4 Å². The molecular formula is C19H14N2O2. The van der Waals surface area contributed by atoms with Crippen molar-refractivity contribution in [1.29, 1.82) is 0 Å². The highest BCUT2D eigenvalue weighted by atomic mass is 16.4. The first-order valence-corrected chi connectivity index (χ1v) is 7.40. The number of hydrogen-bond acceptors (Lipinski definition) is 3. The van der Waals surface area contributed by atoms with E-state index in [0.717, 1.165) is 33.3 Å². The molecule has 0 saturated heterocycles. The van der Waals surface area contributed by atoms with Gasteiger partial charge in [0, 0.05) is 16.6 Å². The van der Waals surface area contributed by atoms with Gasteiger partial charge in [-0.15, -0.1) is 0 Å². The van der Waals surface area contributed by atoms with Gasteiger partial charge in [0.25, 0.3) is 0 Å². The molecule has 3 aromatic carbocycles. The highest BCUT2D eigenvalue weighted by Gasteiger charge is 2.18. The molecule has 2 N–H and O–H groups in total. The van der Waals surface area contributed by atoms with E-state index in [-0.39, 0.29) is 6.42 Å². The molecule has 0 aromatic heterocycles. The van der Waals surface area contributed by atoms with Crippen LogP contribution in [0.3, 0.4) is 0 Å². The number of amidine groups is 1. The van der Waals surface area contributed by atoms with Crippen molar-refractivity contribution >= 4 is 34.0 Å². The number of carboxylic acids is 1. The number of anilines is 1. The Morgan fingerprint density at radius 3 is 2.61 bits per heavy atom.